The molecule has 0 aliphatic carbocycles. The third kappa shape index (κ3) is 2.16. The van der Waals surface area contributed by atoms with Gasteiger partial charge in [0.05, 0.1) is 6.61 Å². The fraction of sp³-hybridized carbons (Fsp3) is 0.714. The highest BCUT2D eigenvalue weighted by Gasteiger charge is 2.04. The summed E-state index contributed by atoms with van der Waals surface area (Å²) >= 11 is 0. The highest BCUT2D eigenvalue weighted by atomic mass is 16.3. The van der Waals surface area contributed by atoms with Crippen molar-refractivity contribution in [3.8, 4) is 0 Å². The van der Waals surface area contributed by atoms with E-state index in [0.29, 0.717) is 6.04 Å². The summed E-state index contributed by atoms with van der Waals surface area (Å²) < 4.78 is 0. The van der Waals surface area contributed by atoms with Crippen molar-refractivity contribution in [2.75, 3.05) is 13.2 Å². The molecule has 1 unspecified atom stereocenters. The quantitative estimate of drug-likeness (QED) is 0.496. The van der Waals surface area contributed by atoms with Gasteiger partial charge in [0.25, 0.3) is 0 Å². The molecule has 52 valence electrons. The van der Waals surface area contributed by atoms with Gasteiger partial charge in [-0.3, -0.25) is 0 Å². The van der Waals surface area contributed by atoms with Crippen LogP contribution in [0.15, 0.2) is 12.2 Å². The number of aliphatic hydroxyl groups excluding tert-OH is 1. The van der Waals surface area contributed by atoms with Crippen LogP contribution in [0, 0.1) is 0 Å². The van der Waals surface area contributed by atoms with Gasteiger partial charge in [-0.25, -0.2) is 0 Å². The molecule has 9 heavy (non-hydrogen) atoms. The van der Waals surface area contributed by atoms with E-state index >= 15 is 0 Å². The molecule has 1 atom stereocenters. The molecule has 2 heteroatoms. The highest BCUT2D eigenvalue weighted by molar-refractivity contribution is 4.90. The minimum absolute atomic E-state index is 0.254. The predicted octanol–water partition coefficient (Wildman–Crippen LogP) is 0.287. The lowest BCUT2D eigenvalue weighted by atomic mass is 10.2. The smallest absolute Gasteiger partial charge is 0.0587 e. The molecule has 0 aromatic heterocycles. The van der Waals surface area contributed by atoms with Crippen LogP contribution in [0.2, 0.25) is 0 Å². The van der Waals surface area contributed by atoms with Gasteiger partial charge in [0.2, 0.25) is 0 Å². The summed E-state index contributed by atoms with van der Waals surface area (Å²) in [6.45, 7) is 1.26. The topological polar surface area (TPSA) is 32.3 Å². The Morgan fingerprint density at radius 1 is 1.56 bits per heavy atom. The molecule has 1 aliphatic heterocycles. The molecule has 1 rings (SSSR count). The molecule has 1 aliphatic rings. The second kappa shape index (κ2) is 3.64. The van der Waals surface area contributed by atoms with Gasteiger partial charge in [-0.15, -0.1) is 0 Å². The summed E-state index contributed by atoms with van der Waals surface area (Å²) in [7, 11) is 0. The predicted molar refractivity (Wildman–Crippen MR) is 37.3 cm³/mol. The van der Waals surface area contributed by atoms with E-state index in [9.17, 15) is 0 Å². The normalized spacial score (nSPS) is 27.9. The number of hydrogen-bond donors (Lipinski definition) is 2. The summed E-state index contributed by atoms with van der Waals surface area (Å²) in [5.41, 5.74) is 0. The number of aliphatic hydroxyl groups is 1. The SMILES string of the molecule is OCC1CC=CCCN1. The van der Waals surface area contributed by atoms with E-state index in [-0.39, 0.29) is 6.61 Å². The molecule has 2 nitrogen and oxygen atoms in total. The van der Waals surface area contributed by atoms with Gasteiger partial charge in [-0.2, -0.15) is 0 Å². The summed E-state index contributed by atoms with van der Waals surface area (Å²) in [6, 6.07) is 0.295. The second-order valence-corrected chi connectivity index (χ2v) is 2.33. The Hall–Kier alpha value is -0.340. The first kappa shape index (κ1) is 6.78. The van der Waals surface area contributed by atoms with E-state index in [2.05, 4.69) is 17.5 Å². The van der Waals surface area contributed by atoms with E-state index in [1.807, 2.05) is 0 Å². The molecule has 0 saturated heterocycles. The van der Waals surface area contributed by atoms with Crippen LogP contribution in [0.1, 0.15) is 12.8 Å². The van der Waals surface area contributed by atoms with E-state index in [1.165, 1.54) is 0 Å². The van der Waals surface area contributed by atoms with Gasteiger partial charge < -0.3 is 10.4 Å². The van der Waals surface area contributed by atoms with Crippen LogP contribution in [0.25, 0.3) is 0 Å². The van der Waals surface area contributed by atoms with Crippen LogP contribution in [-0.4, -0.2) is 24.3 Å². The lowest BCUT2D eigenvalue weighted by Crippen LogP contribution is -2.31. The average molecular weight is 127 g/mol. The van der Waals surface area contributed by atoms with Crippen LogP contribution < -0.4 is 5.32 Å². The van der Waals surface area contributed by atoms with Gasteiger partial charge in [-0.1, -0.05) is 12.2 Å². The third-order valence-electron chi connectivity index (χ3n) is 1.55. The van der Waals surface area contributed by atoms with Crippen molar-refractivity contribution in [3.63, 3.8) is 0 Å². The Morgan fingerprint density at radius 3 is 3.22 bits per heavy atom. The zero-order chi connectivity index (χ0) is 6.53. The molecular weight excluding hydrogens is 114 g/mol. The molecule has 0 aromatic carbocycles. The Bertz CT molecular complexity index is 101. The van der Waals surface area contributed by atoms with Crippen molar-refractivity contribution in [2.24, 2.45) is 0 Å². The first-order valence-electron chi connectivity index (χ1n) is 3.42. The van der Waals surface area contributed by atoms with Gasteiger partial charge in [0, 0.05) is 6.04 Å². The molecule has 1 heterocycles. The Kier molecular flexibility index (Phi) is 2.74. The average Bonchev–Trinajstić information content (AvgIpc) is 2.13. The number of hydrogen-bond acceptors (Lipinski definition) is 2. The number of rotatable bonds is 1. The molecule has 0 aromatic rings. The minimum atomic E-state index is 0.254. The lowest BCUT2D eigenvalue weighted by Gasteiger charge is -2.10. The van der Waals surface area contributed by atoms with Crippen molar-refractivity contribution in [3.05, 3.63) is 12.2 Å². The summed E-state index contributed by atoms with van der Waals surface area (Å²) in [5, 5.41) is 11.9. The standard InChI is InChI=1S/C7H13NO/c9-6-7-4-2-1-3-5-8-7/h1-2,7-9H,3-6H2. The van der Waals surface area contributed by atoms with E-state index in [1.54, 1.807) is 0 Å². The van der Waals surface area contributed by atoms with Gasteiger partial charge >= 0.3 is 0 Å². The maximum atomic E-state index is 8.72. The molecule has 0 saturated carbocycles. The maximum Gasteiger partial charge on any atom is 0.0587 e. The Balaban J connectivity index is 2.29. The van der Waals surface area contributed by atoms with Crippen molar-refractivity contribution in [1.29, 1.82) is 0 Å². The first-order chi connectivity index (χ1) is 4.43. The van der Waals surface area contributed by atoms with Crippen LogP contribution in [0.3, 0.4) is 0 Å². The van der Waals surface area contributed by atoms with E-state index < -0.39 is 0 Å². The van der Waals surface area contributed by atoms with Crippen molar-refractivity contribution < 1.29 is 5.11 Å². The Labute approximate surface area is 55.6 Å². The fourth-order valence-electron chi connectivity index (χ4n) is 0.972. The van der Waals surface area contributed by atoms with Crippen molar-refractivity contribution >= 4 is 0 Å². The fourth-order valence-corrected chi connectivity index (χ4v) is 0.972. The second-order valence-electron chi connectivity index (χ2n) is 2.33. The number of nitrogens with one attached hydrogen (secondary N) is 1. The molecule has 0 radical (unpaired) electrons. The summed E-state index contributed by atoms with van der Waals surface area (Å²) in [4.78, 5) is 0. The minimum Gasteiger partial charge on any atom is -0.395 e. The monoisotopic (exact) mass is 127 g/mol. The van der Waals surface area contributed by atoms with E-state index in [4.69, 9.17) is 5.11 Å². The van der Waals surface area contributed by atoms with Crippen LogP contribution in [-0.2, 0) is 0 Å². The molecular formula is C7H13NO. The molecule has 0 spiro atoms. The Morgan fingerprint density at radius 2 is 2.44 bits per heavy atom. The zero-order valence-electron chi connectivity index (χ0n) is 5.51. The van der Waals surface area contributed by atoms with Crippen LogP contribution in [0.4, 0.5) is 0 Å². The molecule has 0 amide bonds. The highest BCUT2D eigenvalue weighted by Crippen LogP contribution is 1.98. The van der Waals surface area contributed by atoms with Crippen LogP contribution in [0.5, 0.6) is 0 Å². The van der Waals surface area contributed by atoms with Crippen LogP contribution >= 0.6 is 0 Å². The summed E-state index contributed by atoms with van der Waals surface area (Å²) in [6.07, 6.45) is 6.34. The lowest BCUT2D eigenvalue weighted by molar-refractivity contribution is 0.245. The van der Waals surface area contributed by atoms with Crippen molar-refractivity contribution in [1.82, 2.24) is 5.32 Å². The van der Waals surface area contributed by atoms with E-state index in [0.717, 1.165) is 19.4 Å². The van der Waals surface area contributed by atoms with Gasteiger partial charge in [-0.05, 0) is 19.4 Å². The zero-order valence-corrected chi connectivity index (χ0v) is 5.51. The van der Waals surface area contributed by atoms with Crippen molar-refractivity contribution in [2.45, 2.75) is 18.9 Å². The summed E-state index contributed by atoms with van der Waals surface area (Å²) in [5.74, 6) is 0. The maximum absolute atomic E-state index is 8.72. The third-order valence-corrected chi connectivity index (χ3v) is 1.55. The van der Waals surface area contributed by atoms with Gasteiger partial charge in [0.1, 0.15) is 0 Å². The largest absolute Gasteiger partial charge is 0.395 e. The van der Waals surface area contributed by atoms with Gasteiger partial charge in [0.15, 0.2) is 0 Å². The molecule has 2 N–H and O–H groups in total. The first-order valence-corrected chi connectivity index (χ1v) is 3.42. The molecule has 0 fully saturated rings. The molecule has 0 bridgehead atoms.